The number of nitro groups is 1. The maximum atomic E-state index is 11.5. The number of carbonyl (C=O) groups excluding carboxylic acids is 1. The van der Waals surface area contributed by atoms with Crippen molar-refractivity contribution in [1.29, 1.82) is 0 Å². The van der Waals surface area contributed by atoms with E-state index in [4.69, 9.17) is 4.74 Å². The van der Waals surface area contributed by atoms with E-state index in [1.54, 1.807) is 6.07 Å². The maximum Gasteiger partial charge on any atom is 0.280 e. The predicted molar refractivity (Wildman–Crippen MR) is 81.4 cm³/mol. The molecular formula is C15H13NO4S. The maximum absolute atomic E-state index is 11.5. The van der Waals surface area contributed by atoms with Crippen LogP contribution in [0.1, 0.15) is 17.3 Å². The number of benzene rings is 2. The van der Waals surface area contributed by atoms with Crippen molar-refractivity contribution in [2.24, 2.45) is 0 Å². The van der Waals surface area contributed by atoms with Gasteiger partial charge in [0, 0.05) is 11.0 Å². The molecule has 2 aromatic carbocycles. The molecule has 2 aromatic rings. The summed E-state index contributed by atoms with van der Waals surface area (Å²) in [6.07, 6.45) is 1.93. The molecule has 0 bridgehead atoms. The fourth-order valence-electron chi connectivity index (χ4n) is 1.85. The van der Waals surface area contributed by atoms with E-state index in [0.29, 0.717) is 11.5 Å². The molecule has 0 unspecified atom stereocenters. The normalized spacial score (nSPS) is 10.2. The third kappa shape index (κ3) is 3.41. The first kappa shape index (κ1) is 15.1. The molecule has 5 nitrogen and oxygen atoms in total. The van der Waals surface area contributed by atoms with Crippen LogP contribution in [0.25, 0.3) is 0 Å². The Labute approximate surface area is 126 Å². The lowest BCUT2D eigenvalue weighted by atomic mass is 10.1. The van der Waals surface area contributed by atoms with E-state index in [1.807, 2.05) is 24.5 Å². The van der Waals surface area contributed by atoms with Crippen molar-refractivity contribution in [3.8, 4) is 11.5 Å². The van der Waals surface area contributed by atoms with Crippen LogP contribution in [0.5, 0.6) is 11.5 Å². The van der Waals surface area contributed by atoms with Crippen LogP contribution in [0.2, 0.25) is 0 Å². The highest BCUT2D eigenvalue weighted by atomic mass is 32.2. The van der Waals surface area contributed by atoms with Crippen LogP contribution in [-0.4, -0.2) is 17.0 Å². The van der Waals surface area contributed by atoms with Crippen LogP contribution in [0.4, 0.5) is 5.69 Å². The lowest BCUT2D eigenvalue weighted by Crippen LogP contribution is -2.00. The summed E-state index contributed by atoms with van der Waals surface area (Å²) < 4.78 is 5.73. The summed E-state index contributed by atoms with van der Waals surface area (Å²) in [4.78, 5) is 22.8. The Hall–Kier alpha value is -2.34. The minimum atomic E-state index is -0.573. The van der Waals surface area contributed by atoms with Crippen LogP contribution in [0.3, 0.4) is 0 Å². The molecule has 6 heteroatoms. The fourth-order valence-corrected chi connectivity index (χ4v) is 2.38. The van der Waals surface area contributed by atoms with Gasteiger partial charge in [-0.1, -0.05) is 12.1 Å². The Bertz CT molecular complexity index is 700. The molecule has 0 saturated carbocycles. The molecule has 21 heavy (non-hydrogen) atoms. The molecule has 2 rings (SSSR count). The predicted octanol–water partition coefficient (Wildman–Crippen LogP) is 4.31. The first-order valence-electron chi connectivity index (χ1n) is 6.13. The molecule has 0 aliphatic rings. The minimum absolute atomic E-state index is 0.0409. The molecule has 0 spiro atoms. The zero-order valence-corrected chi connectivity index (χ0v) is 12.3. The third-order valence-electron chi connectivity index (χ3n) is 2.84. The van der Waals surface area contributed by atoms with Gasteiger partial charge in [-0.3, -0.25) is 14.9 Å². The van der Waals surface area contributed by atoms with Crippen LogP contribution < -0.4 is 4.74 Å². The number of ketones is 1. The van der Waals surface area contributed by atoms with Gasteiger partial charge in [0.25, 0.3) is 5.69 Å². The summed E-state index contributed by atoms with van der Waals surface area (Å²) >= 11 is 1.53. The van der Waals surface area contributed by atoms with Crippen molar-refractivity contribution in [3.05, 3.63) is 58.1 Å². The van der Waals surface area contributed by atoms with E-state index in [9.17, 15) is 14.9 Å². The number of carbonyl (C=O) groups is 1. The Kier molecular flexibility index (Phi) is 4.59. The monoisotopic (exact) mass is 303 g/mol. The number of ether oxygens (including phenoxy) is 1. The summed E-state index contributed by atoms with van der Waals surface area (Å²) in [6.45, 7) is 1.29. The largest absolute Gasteiger partial charge is 0.456 e. The van der Waals surface area contributed by atoms with E-state index in [0.717, 1.165) is 4.90 Å². The van der Waals surface area contributed by atoms with Crippen LogP contribution in [-0.2, 0) is 0 Å². The lowest BCUT2D eigenvalue weighted by Gasteiger charge is -2.10. The molecule has 0 saturated heterocycles. The molecule has 0 N–H and O–H groups in total. The zero-order chi connectivity index (χ0) is 15.4. The molecular weight excluding hydrogens is 290 g/mol. The smallest absolute Gasteiger partial charge is 0.280 e. The van der Waals surface area contributed by atoms with E-state index in [1.165, 1.54) is 36.9 Å². The SMILES string of the molecule is CSc1ccccc1Oc1ccc([N+](=O)[O-])c(C(C)=O)c1. The average molecular weight is 303 g/mol. The first-order valence-corrected chi connectivity index (χ1v) is 7.35. The van der Waals surface area contributed by atoms with Crippen molar-refractivity contribution >= 4 is 23.2 Å². The van der Waals surface area contributed by atoms with Crippen LogP contribution >= 0.6 is 11.8 Å². The number of hydrogen-bond acceptors (Lipinski definition) is 5. The van der Waals surface area contributed by atoms with Gasteiger partial charge in [0.15, 0.2) is 5.78 Å². The van der Waals surface area contributed by atoms with Gasteiger partial charge in [0.1, 0.15) is 11.5 Å². The third-order valence-corrected chi connectivity index (χ3v) is 3.62. The fraction of sp³-hybridized carbons (Fsp3) is 0.133. The second-order valence-corrected chi connectivity index (χ2v) is 5.09. The number of hydrogen-bond donors (Lipinski definition) is 0. The van der Waals surface area contributed by atoms with Gasteiger partial charge in [-0.15, -0.1) is 11.8 Å². The highest BCUT2D eigenvalue weighted by molar-refractivity contribution is 7.98. The highest BCUT2D eigenvalue weighted by Gasteiger charge is 2.18. The van der Waals surface area contributed by atoms with Gasteiger partial charge in [0.2, 0.25) is 0 Å². The summed E-state index contributed by atoms with van der Waals surface area (Å²) in [5.41, 5.74) is -0.174. The molecule has 0 heterocycles. The Balaban J connectivity index is 2.39. The molecule has 0 aliphatic heterocycles. The minimum Gasteiger partial charge on any atom is -0.456 e. The van der Waals surface area contributed by atoms with Crippen molar-refractivity contribution < 1.29 is 14.5 Å². The number of para-hydroxylation sites is 1. The van der Waals surface area contributed by atoms with E-state index in [-0.39, 0.29) is 17.0 Å². The number of rotatable bonds is 5. The number of nitrogens with zero attached hydrogens (tertiary/aromatic N) is 1. The second kappa shape index (κ2) is 6.41. The quantitative estimate of drug-likeness (QED) is 0.356. The molecule has 0 atom stereocenters. The topological polar surface area (TPSA) is 69.4 Å². The van der Waals surface area contributed by atoms with E-state index < -0.39 is 4.92 Å². The number of nitro benzene ring substituents is 1. The highest BCUT2D eigenvalue weighted by Crippen LogP contribution is 2.33. The van der Waals surface area contributed by atoms with Gasteiger partial charge in [-0.05, 0) is 37.4 Å². The molecule has 0 radical (unpaired) electrons. The second-order valence-electron chi connectivity index (χ2n) is 4.25. The summed E-state index contributed by atoms with van der Waals surface area (Å²) in [5.74, 6) is 0.672. The van der Waals surface area contributed by atoms with Gasteiger partial charge in [-0.2, -0.15) is 0 Å². The summed E-state index contributed by atoms with van der Waals surface area (Å²) in [7, 11) is 0. The van der Waals surface area contributed by atoms with Gasteiger partial charge < -0.3 is 4.74 Å². The molecule has 0 amide bonds. The van der Waals surface area contributed by atoms with E-state index in [2.05, 4.69) is 0 Å². The van der Waals surface area contributed by atoms with Crippen molar-refractivity contribution in [2.75, 3.05) is 6.26 Å². The Morgan fingerprint density at radius 2 is 1.95 bits per heavy atom. The van der Waals surface area contributed by atoms with Crippen LogP contribution in [0, 0.1) is 10.1 Å². The van der Waals surface area contributed by atoms with Crippen LogP contribution in [0.15, 0.2) is 47.4 Å². The average Bonchev–Trinajstić information content (AvgIpc) is 2.47. The Morgan fingerprint density at radius 3 is 2.57 bits per heavy atom. The van der Waals surface area contributed by atoms with Crippen molar-refractivity contribution in [2.45, 2.75) is 11.8 Å². The number of Topliss-reactive ketones (excluding diaryl/α,β-unsaturated/α-hetero) is 1. The summed E-state index contributed by atoms with van der Waals surface area (Å²) in [6, 6.07) is 11.6. The lowest BCUT2D eigenvalue weighted by molar-refractivity contribution is -0.385. The first-order chi connectivity index (χ1) is 10.0. The van der Waals surface area contributed by atoms with Gasteiger partial charge in [-0.25, -0.2) is 0 Å². The van der Waals surface area contributed by atoms with Gasteiger partial charge in [0.05, 0.1) is 10.5 Å². The molecule has 0 aromatic heterocycles. The standard InChI is InChI=1S/C15H13NO4S/c1-10(17)12-9-11(7-8-13(12)16(18)19)20-14-5-3-4-6-15(14)21-2/h3-9H,1-2H3. The van der Waals surface area contributed by atoms with Crippen molar-refractivity contribution in [3.63, 3.8) is 0 Å². The molecule has 0 fully saturated rings. The summed E-state index contributed by atoms with van der Waals surface area (Å²) in [5, 5.41) is 10.9. The zero-order valence-electron chi connectivity index (χ0n) is 11.5. The van der Waals surface area contributed by atoms with E-state index >= 15 is 0 Å². The number of thioether (sulfide) groups is 1. The molecule has 108 valence electrons. The van der Waals surface area contributed by atoms with Gasteiger partial charge >= 0.3 is 0 Å². The molecule has 0 aliphatic carbocycles. The van der Waals surface area contributed by atoms with Crippen molar-refractivity contribution in [1.82, 2.24) is 0 Å². The Morgan fingerprint density at radius 1 is 1.24 bits per heavy atom.